The Bertz CT molecular complexity index is 445. The van der Waals surface area contributed by atoms with Gasteiger partial charge in [-0.3, -0.25) is 4.79 Å². The van der Waals surface area contributed by atoms with Crippen LogP contribution in [0.5, 0.6) is 0 Å². The van der Waals surface area contributed by atoms with E-state index >= 15 is 0 Å². The van der Waals surface area contributed by atoms with Crippen LogP contribution in [0.15, 0.2) is 18.2 Å². The quantitative estimate of drug-likeness (QED) is 0.825. The van der Waals surface area contributed by atoms with Gasteiger partial charge in [0.15, 0.2) is 0 Å². The van der Waals surface area contributed by atoms with Crippen molar-refractivity contribution in [2.45, 2.75) is 39.7 Å². The Morgan fingerprint density at radius 1 is 1.17 bits per heavy atom. The molecular weight excluding hydrogens is 224 g/mol. The lowest BCUT2D eigenvalue weighted by Gasteiger charge is -2.23. The Balaban J connectivity index is 2.29. The number of carbonyl (C=O) groups is 1. The normalized spacial score (nSPS) is 19.8. The van der Waals surface area contributed by atoms with Gasteiger partial charge in [0.2, 0.25) is 5.91 Å². The van der Waals surface area contributed by atoms with Crippen LogP contribution in [0.3, 0.4) is 0 Å². The molecule has 0 bridgehead atoms. The van der Waals surface area contributed by atoms with E-state index in [1.54, 1.807) is 0 Å². The predicted molar refractivity (Wildman–Crippen MR) is 75.0 cm³/mol. The molecule has 0 aliphatic carbocycles. The number of benzene rings is 1. The molecule has 1 aliphatic rings. The van der Waals surface area contributed by atoms with Crippen LogP contribution in [0.25, 0.3) is 0 Å². The molecule has 1 N–H and O–H groups in total. The van der Waals surface area contributed by atoms with E-state index in [0.717, 1.165) is 18.8 Å². The van der Waals surface area contributed by atoms with Crippen molar-refractivity contribution in [3.8, 4) is 0 Å². The van der Waals surface area contributed by atoms with E-state index in [0.29, 0.717) is 6.42 Å². The van der Waals surface area contributed by atoms with Crippen LogP contribution in [-0.2, 0) is 4.79 Å². The smallest absolute Gasteiger partial charge is 0.228 e. The third-order valence-corrected chi connectivity index (χ3v) is 3.35. The molecule has 1 heterocycles. The third kappa shape index (κ3) is 2.91. The molecule has 3 nitrogen and oxygen atoms in total. The number of anilines is 1. The first-order valence-corrected chi connectivity index (χ1v) is 6.51. The maximum atomic E-state index is 12.3. The van der Waals surface area contributed by atoms with E-state index in [9.17, 15) is 4.79 Å². The summed E-state index contributed by atoms with van der Waals surface area (Å²) in [4.78, 5) is 14.2. The molecule has 3 heteroatoms. The summed E-state index contributed by atoms with van der Waals surface area (Å²) in [5.41, 5.74) is 3.32. The van der Waals surface area contributed by atoms with Gasteiger partial charge in [0, 0.05) is 30.7 Å². The number of rotatable bonds is 1. The third-order valence-electron chi connectivity index (χ3n) is 3.35. The SMILES string of the molecule is Cc1cc(C)cc(N2CCNC(C)(C)CC2=O)c1. The number of aryl methyl sites for hydroxylation is 2. The predicted octanol–water partition coefficient (Wildman–Crippen LogP) is 2.41. The van der Waals surface area contributed by atoms with Crippen LogP contribution >= 0.6 is 0 Å². The Kier molecular flexibility index (Phi) is 3.44. The molecule has 0 spiro atoms. The molecule has 1 aliphatic heterocycles. The zero-order chi connectivity index (χ0) is 13.3. The van der Waals surface area contributed by atoms with Gasteiger partial charge >= 0.3 is 0 Å². The van der Waals surface area contributed by atoms with Crippen LogP contribution in [0, 0.1) is 13.8 Å². The second-order valence-corrected chi connectivity index (χ2v) is 5.88. The molecular formula is C15H22N2O. The summed E-state index contributed by atoms with van der Waals surface area (Å²) in [5, 5.41) is 3.42. The molecule has 0 radical (unpaired) electrons. The highest BCUT2D eigenvalue weighted by Gasteiger charge is 2.29. The highest BCUT2D eigenvalue weighted by atomic mass is 16.2. The lowest BCUT2D eigenvalue weighted by molar-refractivity contribution is -0.119. The molecule has 1 amide bonds. The first-order valence-electron chi connectivity index (χ1n) is 6.51. The molecule has 0 saturated carbocycles. The molecule has 0 aromatic heterocycles. The number of amides is 1. The monoisotopic (exact) mass is 246 g/mol. The minimum Gasteiger partial charge on any atom is -0.311 e. The van der Waals surface area contributed by atoms with Gasteiger partial charge in [0.1, 0.15) is 0 Å². The Labute approximate surface area is 109 Å². The number of nitrogens with one attached hydrogen (secondary N) is 1. The lowest BCUT2D eigenvalue weighted by Crippen LogP contribution is -2.39. The molecule has 1 aromatic rings. The summed E-state index contributed by atoms with van der Waals surface area (Å²) < 4.78 is 0. The second kappa shape index (κ2) is 4.73. The molecule has 98 valence electrons. The van der Waals surface area contributed by atoms with Crippen molar-refractivity contribution in [2.75, 3.05) is 18.0 Å². The fourth-order valence-corrected chi connectivity index (χ4v) is 2.55. The van der Waals surface area contributed by atoms with Gasteiger partial charge in [-0.15, -0.1) is 0 Å². The average Bonchev–Trinajstić information content (AvgIpc) is 2.34. The van der Waals surface area contributed by atoms with Crippen molar-refractivity contribution in [1.29, 1.82) is 0 Å². The summed E-state index contributed by atoms with van der Waals surface area (Å²) in [6, 6.07) is 6.31. The van der Waals surface area contributed by atoms with Crippen LogP contribution in [-0.4, -0.2) is 24.5 Å². The van der Waals surface area contributed by atoms with Gasteiger partial charge in [-0.2, -0.15) is 0 Å². The first-order chi connectivity index (χ1) is 8.37. The van der Waals surface area contributed by atoms with E-state index in [-0.39, 0.29) is 11.4 Å². The molecule has 1 saturated heterocycles. The summed E-state index contributed by atoms with van der Waals surface area (Å²) in [5.74, 6) is 0.204. The second-order valence-electron chi connectivity index (χ2n) is 5.88. The molecule has 0 atom stereocenters. The summed E-state index contributed by atoms with van der Waals surface area (Å²) in [7, 11) is 0. The highest BCUT2D eigenvalue weighted by Crippen LogP contribution is 2.23. The van der Waals surface area contributed by atoms with Crippen LogP contribution < -0.4 is 10.2 Å². The molecule has 0 unspecified atom stereocenters. The van der Waals surface area contributed by atoms with Gasteiger partial charge in [0.05, 0.1) is 0 Å². The van der Waals surface area contributed by atoms with E-state index < -0.39 is 0 Å². The van der Waals surface area contributed by atoms with Crippen LogP contribution in [0.1, 0.15) is 31.4 Å². The largest absolute Gasteiger partial charge is 0.311 e. The average molecular weight is 246 g/mol. The standard InChI is InChI=1S/C15H22N2O/c1-11-7-12(2)9-13(8-11)17-6-5-16-15(3,4)10-14(17)18/h7-9,16H,5-6,10H2,1-4H3. The van der Waals surface area contributed by atoms with Gasteiger partial charge in [-0.25, -0.2) is 0 Å². The summed E-state index contributed by atoms with van der Waals surface area (Å²) >= 11 is 0. The Hall–Kier alpha value is -1.35. The van der Waals surface area contributed by atoms with Crippen molar-refractivity contribution in [3.63, 3.8) is 0 Å². The van der Waals surface area contributed by atoms with Crippen LogP contribution in [0.2, 0.25) is 0 Å². The van der Waals surface area contributed by atoms with Crippen molar-refractivity contribution in [2.24, 2.45) is 0 Å². The van der Waals surface area contributed by atoms with E-state index in [4.69, 9.17) is 0 Å². The number of hydrogen-bond donors (Lipinski definition) is 1. The minimum atomic E-state index is -0.106. The van der Waals surface area contributed by atoms with Gasteiger partial charge in [0.25, 0.3) is 0 Å². The Morgan fingerprint density at radius 3 is 2.39 bits per heavy atom. The van der Waals surface area contributed by atoms with Gasteiger partial charge in [-0.05, 0) is 51.0 Å². The van der Waals surface area contributed by atoms with Crippen molar-refractivity contribution < 1.29 is 4.79 Å². The minimum absolute atomic E-state index is 0.106. The topological polar surface area (TPSA) is 32.3 Å². The summed E-state index contributed by atoms with van der Waals surface area (Å²) in [6.45, 7) is 9.88. The molecule has 2 rings (SSSR count). The number of carbonyl (C=O) groups excluding carboxylic acids is 1. The fourth-order valence-electron chi connectivity index (χ4n) is 2.55. The van der Waals surface area contributed by atoms with E-state index in [1.807, 2.05) is 4.90 Å². The molecule has 1 aromatic carbocycles. The molecule has 1 fully saturated rings. The molecule has 18 heavy (non-hydrogen) atoms. The maximum absolute atomic E-state index is 12.3. The maximum Gasteiger partial charge on any atom is 0.228 e. The van der Waals surface area contributed by atoms with Crippen LogP contribution in [0.4, 0.5) is 5.69 Å². The van der Waals surface area contributed by atoms with Crippen molar-refractivity contribution in [1.82, 2.24) is 5.32 Å². The fraction of sp³-hybridized carbons (Fsp3) is 0.533. The number of nitrogens with zero attached hydrogens (tertiary/aromatic N) is 1. The summed E-state index contributed by atoms with van der Waals surface area (Å²) in [6.07, 6.45) is 0.542. The van der Waals surface area contributed by atoms with E-state index in [1.165, 1.54) is 11.1 Å². The van der Waals surface area contributed by atoms with Crippen molar-refractivity contribution >= 4 is 11.6 Å². The lowest BCUT2D eigenvalue weighted by atomic mass is 10.0. The highest BCUT2D eigenvalue weighted by molar-refractivity contribution is 5.94. The van der Waals surface area contributed by atoms with E-state index in [2.05, 4.69) is 51.2 Å². The Morgan fingerprint density at radius 2 is 1.78 bits per heavy atom. The zero-order valence-electron chi connectivity index (χ0n) is 11.7. The van der Waals surface area contributed by atoms with Gasteiger partial charge < -0.3 is 10.2 Å². The van der Waals surface area contributed by atoms with Crippen molar-refractivity contribution in [3.05, 3.63) is 29.3 Å². The first kappa shape index (κ1) is 13.1. The van der Waals surface area contributed by atoms with Gasteiger partial charge in [-0.1, -0.05) is 6.07 Å². The number of hydrogen-bond acceptors (Lipinski definition) is 2. The zero-order valence-corrected chi connectivity index (χ0v) is 11.7.